The maximum Gasteiger partial charge on any atom is 0.320 e. The average molecular weight is 437 g/mol. The van der Waals surface area contributed by atoms with Gasteiger partial charge in [-0.15, -0.1) is 6.58 Å². The fraction of sp³-hybridized carbons (Fsp3) is 0.0870. The van der Waals surface area contributed by atoms with Gasteiger partial charge >= 0.3 is 6.03 Å². The minimum absolute atomic E-state index is 0.190. The van der Waals surface area contributed by atoms with E-state index in [1.54, 1.807) is 72.8 Å². The molecule has 3 N–H and O–H groups in total. The van der Waals surface area contributed by atoms with E-state index in [-0.39, 0.29) is 6.42 Å². The summed E-state index contributed by atoms with van der Waals surface area (Å²) in [5.74, 6) is -0.431. The lowest BCUT2D eigenvalue weighted by atomic mass is 10.1. The van der Waals surface area contributed by atoms with E-state index in [0.717, 1.165) is 4.73 Å². The van der Waals surface area contributed by atoms with Gasteiger partial charge in [0.2, 0.25) is 11.6 Å². The zero-order valence-corrected chi connectivity index (χ0v) is 17.3. The third-order valence-electron chi connectivity index (χ3n) is 4.62. The van der Waals surface area contributed by atoms with E-state index in [9.17, 15) is 14.8 Å². The molecule has 7 nitrogen and oxygen atoms in total. The number of nitrogens with two attached hydrogens (primary N) is 1. The van der Waals surface area contributed by atoms with Crippen LogP contribution in [-0.4, -0.2) is 18.0 Å². The highest BCUT2D eigenvalue weighted by atomic mass is 35.5. The fourth-order valence-corrected chi connectivity index (χ4v) is 3.28. The molecule has 1 aromatic heterocycles. The SMILES string of the molecule is C=CCC(C(=O)Nc1ccc(-c2cccc[n+]2[O-])cc1)N(C(N)=O)c1ccc(Cl)cc1. The van der Waals surface area contributed by atoms with Gasteiger partial charge in [-0.1, -0.05) is 17.7 Å². The Balaban J connectivity index is 1.83. The summed E-state index contributed by atoms with van der Waals surface area (Å²) < 4.78 is 0.768. The molecule has 2 aromatic carbocycles. The van der Waals surface area contributed by atoms with Crippen LogP contribution in [0.4, 0.5) is 16.2 Å². The zero-order chi connectivity index (χ0) is 22.4. The maximum atomic E-state index is 13.0. The second-order valence-electron chi connectivity index (χ2n) is 6.70. The van der Waals surface area contributed by atoms with Gasteiger partial charge in [0.25, 0.3) is 0 Å². The Bertz CT molecular complexity index is 1080. The minimum Gasteiger partial charge on any atom is -0.618 e. The molecule has 3 rings (SSSR count). The number of primary amides is 1. The van der Waals surface area contributed by atoms with Gasteiger partial charge in [-0.25, -0.2) is 4.79 Å². The predicted octanol–water partition coefficient (Wildman–Crippen LogP) is 4.11. The van der Waals surface area contributed by atoms with Crippen LogP contribution in [0, 0.1) is 5.21 Å². The van der Waals surface area contributed by atoms with E-state index in [1.165, 1.54) is 11.1 Å². The van der Waals surface area contributed by atoms with Gasteiger partial charge in [-0.3, -0.25) is 9.69 Å². The number of nitrogens with zero attached hydrogens (tertiary/aromatic N) is 2. The third kappa shape index (κ3) is 5.21. The summed E-state index contributed by atoms with van der Waals surface area (Å²) in [6, 6.07) is 16.7. The lowest BCUT2D eigenvalue weighted by molar-refractivity contribution is -0.593. The van der Waals surface area contributed by atoms with Crippen LogP contribution in [0.5, 0.6) is 0 Å². The van der Waals surface area contributed by atoms with Crippen LogP contribution in [0.3, 0.4) is 0 Å². The summed E-state index contributed by atoms with van der Waals surface area (Å²) in [6.07, 6.45) is 3.15. The van der Waals surface area contributed by atoms with Crippen molar-refractivity contribution in [2.75, 3.05) is 10.2 Å². The number of urea groups is 1. The van der Waals surface area contributed by atoms with Crippen LogP contribution < -0.4 is 20.7 Å². The fourth-order valence-electron chi connectivity index (χ4n) is 3.15. The standard InChI is InChI=1S/C23H21ClN4O3/c1-2-5-21(28(23(25)30)19-13-9-17(24)10-14-19)22(29)26-18-11-7-16(8-12-18)20-6-3-4-15-27(20)31/h2-4,6-15,21H,1,5H2,(H2,25,30)(H,26,29). The lowest BCUT2D eigenvalue weighted by Gasteiger charge is -2.29. The van der Waals surface area contributed by atoms with E-state index < -0.39 is 18.0 Å². The largest absolute Gasteiger partial charge is 0.618 e. The topological polar surface area (TPSA) is 102 Å². The zero-order valence-electron chi connectivity index (χ0n) is 16.6. The quantitative estimate of drug-likeness (QED) is 0.331. The smallest absolute Gasteiger partial charge is 0.320 e. The Kier molecular flexibility index (Phi) is 6.89. The third-order valence-corrected chi connectivity index (χ3v) is 4.87. The van der Waals surface area contributed by atoms with Gasteiger partial charge in [-0.2, -0.15) is 4.73 Å². The van der Waals surface area contributed by atoms with Gasteiger partial charge in [0.05, 0.1) is 0 Å². The van der Waals surface area contributed by atoms with E-state index in [0.29, 0.717) is 27.7 Å². The number of pyridine rings is 1. The Morgan fingerprint density at radius 1 is 1.13 bits per heavy atom. The number of nitrogens with one attached hydrogen (secondary N) is 1. The molecule has 0 aliphatic rings. The molecule has 0 saturated carbocycles. The molecule has 3 aromatic rings. The molecule has 158 valence electrons. The van der Waals surface area contributed by atoms with Crippen molar-refractivity contribution in [1.29, 1.82) is 0 Å². The van der Waals surface area contributed by atoms with Crippen LogP contribution in [0.15, 0.2) is 85.6 Å². The van der Waals surface area contributed by atoms with Crippen molar-refractivity contribution >= 4 is 34.9 Å². The average Bonchev–Trinajstić information content (AvgIpc) is 2.75. The highest BCUT2D eigenvalue weighted by Gasteiger charge is 2.29. The number of rotatable bonds is 7. The molecule has 0 aliphatic carbocycles. The Hall–Kier alpha value is -3.84. The van der Waals surface area contributed by atoms with Gasteiger partial charge in [-0.05, 0) is 61.0 Å². The Morgan fingerprint density at radius 3 is 2.39 bits per heavy atom. The van der Waals surface area contributed by atoms with Crippen molar-refractivity contribution in [2.45, 2.75) is 12.5 Å². The first-order valence-electron chi connectivity index (χ1n) is 9.45. The van der Waals surface area contributed by atoms with Gasteiger partial charge < -0.3 is 16.3 Å². The number of aromatic nitrogens is 1. The molecule has 0 spiro atoms. The first-order chi connectivity index (χ1) is 14.9. The normalized spacial score (nSPS) is 11.4. The Morgan fingerprint density at radius 2 is 1.81 bits per heavy atom. The summed E-state index contributed by atoms with van der Waals surface area (Å²) in [5, 5.41) is 15.2. The van der Waals surface area contributed by atoms with Gasteiger partial charge in [0, 0.05) is 34.1 Å². The molecule has 31 heavy (non-hydrogen) atoms. The highest BCUT2D eigenvalue weighted by molar-refractivity contribution is 6.30. The summed E-state index contributed by atoms with van der Waals surface area (Å²) in [6.45, 7) is 3.68. The number of hydrogen-bond acceptors (Lipinski definition) is 3. The van der Waals surface area contributed by atoms with Gasteiger partial charge in [0.1, 0.15) is 6.04 Å². The van der Waals surface area contributed by atoms with E-state index >= 15 is 0 Å². The lowest BCUT2D eigenvalue weighted by Crippen LogP contribution is -2.49. The molecular weight excluding hydrogens is 416 g/mol. The van der Waals surface area contributed by atoms with Crippen molar-refractivity contribution < 1.29 is 14.3 Å². The van der Waals surface area contributed by atoms with Crippen molar-refractivity contribution in [1.82, 2.24) is 0 Å². The first-order valence-corrected chi connectivity index (χ1v) is 9.83. The van der Waals surface area contributed by atoms with Crippen molar-refractivity contribution in [2.24, 2.45) is 5.73 Å². The number of benzene rings is 2. The van der Waals surface area contributed by atoms with Crippen LogP contribution in [0.2, 0.25) is 5.02 Å². The highest BCUT2D eigenvalue weighted by Crippen LogP contribution is 2.23. The summed E-state index contributed by atoms with van der Waals surface area (Å²) in [4.78, 5) is 26.4. The molecule has 1 atom stereocenters. The number of amides is 3. The van der Waals surface area contributed by atoms with Gasteiger partial charge in [0.15, 0.2) is 6.20 Å². The summed E-state index contributed by atoms with van der Waals surface area (Å²) >= 11 is 5.92. The van der Waals surface area contributed by atoms with E-state index in [1.807, 2.05) is 0 Å². The maximum absolute atomic E-state index is 13.0. The van der Waals surface area contributed by atoms with E-state index in [2.05, 4.69) is 11.9 Å². The number of carbonyl (C=O) groups excluding carboxylic acids is 2. The van der Waals surface area contributed by atoms with Crippen molar-refractivity contribution in [3.8, 4) is 11.3 Å². The van der Waals surface area contributed by atoms with Crippen molar-refractivity contribution in [3.05, 3.63) is 95.8 Å². The second-order valence-corrected chi connectivity index (χ2v) is 7.14. The van der Waals surface area contributed by atoms with Crippen LogP contribution in [0.25, 0.3) is 11.3 Å². The molecule has 1 unspecified atom stereocenters. The molecule has 0 saturated heterocycles. The molecular formula is C23H21ClN4O3. The Labute approximate surface area is 184 Å². The molecule has 0 fully saturated rings. The number of anilines is 2. The van der Waals surface area contributed by atoms with Crippen LogP contribution in [0.1, 0.15) is 6.42 Å². The van der Waals surface area contributed by atoms with Crippen LogP contribution >= 0.6 is 11.6 Å². The molecule has 0 aliphatic heterocycles. The molecule has 3 amide bonds. The molecule has 0 bridgehead atoms. The van der Waals surface area contributed by atoms with Crippen LogP contribution in [-0.2, 0) is 4.79 Å². The number of halogens is 1. The number of hydrogen-bond donors (Lipinski definition) is 2. The summed E-state index contributed by atoms with van der Waals surface area (Å²) in [7, 11) is 0. The van der Waals surface area contributed by atoms with E-state index in [4.69, 9.17) is 17.3 Å². The molecule has 1 heterocycles. The predicted molar refractivity (Wildman–Crippen MR) is 122 cm³/mol. The minimum atomic E-state index is -0.909. The molecule has 0 radical (unpaired) electrons. The first kappa shape index (κ1) is 21.9. The van der Waals surface area contributed by atoms with Crippen molar-refractivity contribution in [3.63, 3.8) is 0 Å². The second kappa shape index (κ2) is 9.77. The summed E-state index contributed by atoms with van der Waals surface area (Å²) in [5.41, 5.74) is 7.73. The monoisotopic (exact) mass is 436 g/mol. The molecule has 8 heteroatoms. The number of carbonyl (C=O) groups is 2.